The van der Waals surface area contributed by atoms with Gasteiger partial charge in [-0.15, -0.1) is 11.8 Å². The van der Waals surface area contributed by atoms with Gasteiger partial charge in [-0.3, -0.25) is 0 Å². The fourth-order valence-electron chi connectivity index (χ4n) is 0.768. The molecule has 72 valence electrons. The molecule has 0 aliphatic rings. The maximum atomic E-state index is 8.81. The smallest absolute Gasteiger partial charge is 0.123 e. The average Bonchev–Trinajstić information content (AvgIpc) is 2.16. The molecular weight excluding hydrogens is 184 g/mol. The van der Waals surface area contributed by atoms with Gasteiger partial charge < -0.3 is 10.8 Å². The van der Waals surface area contributed by atoms with Crippen molar-refractivity contribution in [2.24, 2.45) is 5.92 Å². The largest absolute Gasteiger partial charge is 0.396 e. The summed E-state index contributed by atoms with van der Waals surface area (Å²) in [4.78, 5) is 5.07. The molecule has 1 rings (SSSR count). The number of aromatic nitrogens is 1. The minimum Gasteiger partial charge on any atom is -0.396 e. The molecule has 0 bridgehead atoms. The molecule has 1 atom stereocenters. The lowest BCUT2D eigenvalue weighted by molar-refractivity contribution is 0.250. The van der Waals surface area contributed by atoms with Crippen LogP contribution in [0.15, 0.2) is 23.2 Å². The first-order valence-corrected chi connectivity index (χ1v) is 5.16. The van der Waals surface area contributed by atoms with Crippen LogP contribution in [0.3, 0.4) is 0 Å². The van der Waals surface area contributed by atoms with Gasteiger partial charge in [0.05, 0.1) is 0 Å². The highest BCUT2D eigenvalue weighted by molar-refractivity contribution is 7.99. The third-order valence-corrected chi connectivity index (χ3v) is 2.92. The molecule has 0 saturated heterocycles. The highest BCUT2D eigenvalue weighted by Crippen LogP contribution is 2.19. The van der Waals surface area contributed by atoms with Gasteiger partial charge >= 0.3 is 0 Å². The molecule has 0 saturated carbocycles. The fraction of sp³-hybridized carbons (Fsp3) is 0.444. The van der Waals surface area contributed by atoms with Crippen LogP contribution in [-0.4, -0.2) is 22.5 Å². The second kappa shape index (κ2) is 5.09. The molecule has 4 heteroatoms. The highest BCUT2D eigenvalue weighted by Gasteiger charge is 2.01. The summed E-state index contributed by atoms with van der Waals surface area (Å²) < 4.78 is 0. The van der Waals surface area contributed by atoms with Gasteiger partial charge in [0.1, 0.15) is 5.82 Å². The lowest BCUT2D eigenvalue weighted by Gasteiger charge is -2.06. The van der Waals surface area contributed by atoms with E-state index in [1.54, 1.807) is 24.0 Å². The van der Waals surface area contributed by atoms with Crippen LogP contribution in [0.25, 0.3) is 0 Å². The van der Waals surface area contributed by atoms with Crippen molar-refractivity contribution in [3.05, 3.63) is 18.3 Å². The summed E-state index contributed by atoms with van der Waals surface area (Å²) in [5.74, 6) is 1.77. The Labute approximate surface area is 82.4 Å². The van der Waals surface area contributed by atoms with E-state index in [-0.39, 0.29) is 6.61 Å². The van der Waals surface area contributed by atoms with Gasteiger partial charge in [-0.25, -0.2) is 4.98 Å². The summed E-state index contributed by atoms with van der Waals surface area (Å²) in [5.41, 5.74) is 5.45. The lowest BCUT2D eigenvalue weighted by Crippen LogP contribution is -2.03. The number of rotatable bonds is 4. The van der Waals surface area contributed by atoms with Crippen LogP contribution in [0, 0.1) is 5.92 Å². The van der Waals surface area contributed by atoms with E-state index in [2.05, 4.69) is 4.98 Å². The Bertz CT molecular complexity index is 250. The van der Waals surface area contributed by atoms with E-state index in [0.29, 0.717) is 11.7 Å². The van der Waals surface area contributed by atoms with Gasteiger partial charge in [0, 0.05) is 23.5 Å². The van der Waals surface area contributed by atoms with E-state index in [0.717, 1.165) is 10.6 Å². The van der Waals surface area contributed by atoms with Crippen LogP contribution >= 0.6 is 11.8 Å². The minimum absolute atomic E-state index is 0.232. The molecule has 1 unspecified atom stereocenters. The number of aliphatic hydroxyl groups excluding tert-OH is 1. The summed E-state index contributed by atoms with van der Waals surface area (Å²) >= 11 is 1.68. The maximum Gasteiger partial charge on any atom is 0.123 e. The summed E-state index contributed by atoms with van der Waals surface area (Å²) in [5, 5.41) is 8.81. The number of nitrogens with zero attached hydrogens (tertiary/aromatic N) is 1. The average molecular weight is 198 g/mol. The molecule has 0 fully saturated rings. The molecule has 1 heterocycles. The van der Waals surface area contributed by atoms with Gasteiger partial charge in [-0.05, 0) is 18.1 Å². The molecule has 0 radical (unpaired) electrons. The molecule has 1 aromatic heterocycles. The maximum absolute atomic E-state index is 8.81. The standard InChI is InChI=1S/C9H14N2OS/c1-7(5-12)6-13-8-2-3-9(10)11-4-8/h2-4,7,12H,5-6H2,1H3,(H2,10,11). The number of aliphatic hydroxyl groups is 1. The SMILES string of the molecule is CC(CO)CSc1ccc(N)nc1. The number of anilines is 1. The van der Waals surface area contributed by atoms with Crippen LogP contribution in [0.5, 0.6) is 0 Å². The zero-order valence-electron chi connectivity index (χ0n) is 7.60. The Hall–Kier alpha value is -0.740. The number of thioether (sulfide) groups is 1. The van der Waals surface area contributed by atoms with Crippen molar-refractivity contribution in [2.75, 3.05) is 18.1 Å². The van der Waals surface area contributed by atoms with E-state index in [9.17, 15) is 0 Å². The molecule has 3 N–H and O–H groups in total. The Kier molecular flexibility index (Phi) is 4.05. The van der Waals surface area contributed by atoms with Crippen LogP contribution in [0.1, 0.15) is 6.92 Å². The minimum atomic E-state index is 0.232. The van der Waals surface area contributed by atoms with E-state index < -0.39 is 0 Å². The molecule has 13 heavy (non-hydrogen) atoms. The molecule has 0 spiro atoms. The number of pyridine rings is 1. The fourth-order valence-corrected chi connectivity index (χ4v) is 1.64. The Balaban J connectivity index is 2.41. The summed E-state index contributed by atoms with van der Waals surface area (Å²) in [6, 6.07) is 3.73. The molecule has 0 aromatic carbocycles. The van der Waals surface area contributed by atoms with Crippen LogP contribution in [0.4, 0.5) is 5.82 Å². The van der Waals surface area contributed by atoms with E-state index in [1.807, 2.05) is 13.0 Å². The zero-order chi connectivity index (χ0) is 9.68. The van der Waals surface area contributed by atoms with E-state index in [4.69, 9.17) is 10.8 Å². The Morgan fingerprint density at radius 3 is 2.92 bits per heavy atom. The predicted molar refractivity (Wildman–Crippen MR) is 55.6 cm³/mol. The Morgan fingerprint density at radius 2 is 2.38 bits per heavy atom. The van der Waals surface area contributed by atoms with Crippen molar-refractivity contribution >= 4 is 17.6 Å². The predicted octanol–water partition coefficient (Wildman–Crippen LogP) is 1.38. The number of hydrogen-bond donors (Lipinski definition) is 2. The summed E-state index contributed by atoms with van der Waals surface area (Å²) in [6.07, 6.45) is 1.75. The number of hydrogen-bond acceptors (Lipinski definition) is 4. The Morgan fingerprint density at radius 1 is 1.62 bits per heavy atom. The van der Waals surface area contributed by atoms with Crippen molar-refractivity contribution in [3.8, 4) is 0 Å². The molecule has 0 aliphatic carbocycles. The van der Waals surface area contributed by atoms with Crippen molar-refractivity contribution < 1.29 is 5.11 Å². The van der Waals surface area contributed by atoms with Gasteiger partial charge in [-0.1, -0.05) is 6.92 Å². The normalized spacial score (nSPS) is 12.8. The van der Waals surface area contributed by atoms with Crippen molar-refractivity contribution in [1.82, 2.24) is 4.98 Å². The van der Waals surface area contributed by atoms with Gasteiger partial charge in [0.2, 0.25) is 0 Å². The van der Waals surface area contributed by atoms with Crippen LogP contribution in [-0.2, 0) is 0 Å². The zero-order valence-corrected chi connectivity index (χ0v) is 8.42. The van der Waals surface area contributed by atoms with Gasteiger partial charge in [-0.2, -0.15) is 0 Å². The van der Waals surface area contributed by atoms with Gasteiger partial charge in [0.15, 0.2) is 0 Å². The molecule has 0 amide bonds. The van der Waals surface area contributed by atoms with Crippen molar-refractivity contribution in [2.45, 2.75) is 11.8 Å². The van der Waals surface area contributed by atoms with Crippen molar-refractivity contribution in [1.29, 1.82) is 0 Å². The number of nitrogens with two attached hydrogens (primary N) is 1. The van der Waals surface area contributed by atoms with E-state index in [1.165, 1.54) is 0 Å². The topological polar surface area (TPSA) is 59.1 Å². The first kappa shape index (κ1) is 10.3. The lowest BCUT2D eigenvalue weighted by atomic mass is 10.2. The highest BCUT2D eigenvalue weighted by atomic mass is 32.2. The molecular formula is C9H14N2OS. The van der Waals surface area contributed by atoms with Crippen LogP contribution in [0.2, 0.25) is 0 Å². The van der Waals surface area contributed by atoms with Crippen molar-refractivity contribution in [3.63, 3.8) is 0 Å². The number of nitrogen functional groups attached to an aromatic ring is 1. The molecule has 0 aliphatic heterocycles. The third-order valence-electron chi connectivity index (χ3n) is 1.61. The van der Waals surface area contributed by atoms with Gasteiger partial charge in [0.25, 0.3) is 0 Å². The molecule has 3 nitrogen and oxygen atoms in total. The summed E-state index contributed by atoms with van der Waals surface area (Å²) in [7, 11) is 0. The quantitative estimate of drug-likeness (QED) is 0.718. The van der Waals surface area contributed by atoms with E-state index >= 15 is 0 Å². The summed E-state index contributed by atoms with van der Waals surface area (Å²) in [6.45, 7) is 2.24. The van der Waals surface area contributed by atoms with Crippen LogP contribution < -0.4 is 5.73 Å². The molecule has 1 aromatic rings. The first-order chi connectivity index (χ1) is 6.22. The monoisotopic (exact) mass is 198 g/mol. The second-order valence-corrected chi connectivity index (χ2v) is 4.11. The third kappa shape index (κ3) is 3.65. The second-order valence-electron chi connectivity index (χ2n) is 3.02. The first-order valence-electron chi connectivity index (χ1n) is 4.17.